The molecule has 1 aromatic carbocycles. The minimum atomic E-state index is -0.189. The summed E-state index contributed by atoms with van der Waals surface area (Å²) in [7, 11) is 1.41. The van der Waals surface area contributed by atoms with Crippen LogP contribution in [0.15, 0.2) is 23.1 Å². The average molecular weight is 253 g/mol. The van der Waals surface area contributed by atoms with Crippen molar-refractivity contribution in [3.63, 3.8) is 0 Å². The van der Waals surface area contributed by atoms with Gasteiger partial charge in [0, 0.05) is 11.4 Å². The Kier molecular flexibility index (Phi) is 6.08. The number of methoxy groups -OCH3 is 1. The van der Waals surface area contributed by atoms with Crippen LogP contribution in [0.2, 0.25) is 0 Å². The molecular weight excluding hydrogens is 234 g/mol. The van der Waals surface area contributed by atoms with Crippen molar-refractivity contribution >= 4 is 17.7 Å². The molecule has 17 heavy (non-hydrogen) atoms. The second-order valence-corrected chi connectivity index (χ2v) is 4.76. The summed E-state index contributed by atoms with van der Waals surface area (Å²) in [6.07, 6.45) is 0. The molecular formula is C13H19NO2S. The van der Waals surface area contributed by atoms with Crippen molar-refractivity contribution in [3.8, 4) is 0 Å². The van der Waals surface area contributed by atoms with E-state index in [4.69, 9.17) is 0 Å². The molecule has 0 atom stereocenters. The number of aryl methyl sites for hydroxylation is 1. The van der Waals surface area contributed by atoms with Crippen LogP contribution in [0.25, 0.3) is 0 Å². The predicted octanol–water partition coefficient (Wildman–Crippen LogP) is 2.37. The Morgan fingerprint density at radius 3 is 2.82 bits per heavy atom. The van der Waals surface area contributed by atoms with Gasteiger partial charge < -0.3 is 10.1 Å². The zero-order valence-corrected chi connectivity index (χ0v) is 11.4. The molecule has 4 heteroatoms. The number of hydrogen-bond donors (Lipinski definition) is 1. The monoisotopic (exact) mass is 253 g/mol. The van der Waals surface area contributed by atoms with E-state index in [1.807, 2.05) is 0 Å². The van der Waals surface area contributed by atoms with E-state index in [0.29, 0.717) is 5.75 Å². The maximum absolute atomic E-state index is 11.1. The van der Waals surface area contributed by atoms with Crippen molar-refractivity contribution in [2.75, 3.05) is 19.4 Å². The fraction of sp³-hybridized carbons (Fsp3) is 0.462. The van der Waals surface area contributed by atoms with Crippen LogP contribution in [0.1, 0.15) is 18.1 Å². The summed E-state index contributed by atoms with van der Waals surface area (Å²) < 4.78 is 4.62. The summed E-state index contributed by atoms with van der Waals surface area (Å²) in [6.45, 7) is 6.01. The van der Waals surface area contributed by atoms with Gasteiger partial charge in [-0.3, -0.25) is 4.79 Å². The summed E-state index contributed by atoms with van der Waals surface area (Å²) in [4.78, 5) is 12.2. The average Bonchev–Trinajstić information content (AvgIpc) is 2.34. The molecule has 0 aliphatic rings. The van der Waals surface area contributed by atoms with Crippen molar-refractivity contribution in [1.82, 2.24) is 5.32 Å². The van der Waals surface area contributed by atoms with E-state index in [2.05, 4.69) is 42.1 Å². The molecule has 0 aliphatic heterocycles. The van der Waals surface area contributed by atoms with Gasteiger partial charge in [-0.2, -0.15) is 0 Å². The molecule has 1 rings (SSSR count). The molecule has 0 aliphatic carbocycles. The summed E-state index contributed by atoms with van der Waals surface area (Å²) in [5.41, 5.74) is 2.47. The van der Waals surface area contributed by atoms with E-state index in [1.165, 1.54) is 30.0 Å². The highest BCUT2D eigenvalue weighted by Crippen LogP contribution is 2.23. The summed E-state index contributed by atoms with van der Waals surface area (Å²) >= 11 is 1.52. The quantitative estimate of drug-likeness (QED) is 0.624. The molecule has 0 bridgehead atoms. The molecule has 0 heterocycles. The van der Waals surface area contributed by atoms with Crippen LogP contribution < -0.4 is 5.32 Å². The fourth-order valence-corrected chi connectivity index (χ4v) is 2.29. The summed E-state index contributed by atoms with van der Waals surface area (Å²) in [5, 5.41) is 3.29. The molecule has 94 valence electrons. The smallest absolute Gasteiger partial charge is 0.315 e. The van der Waals surface area contributed by atoms with E-state index in [-0.39, 0.29) is 5.97 Å². The van der Waals surface area contributed by atoms with E-state index in [9.17, 15) is 4.79 Å². The molecule has 0 unspecified atom stereocenters. The van der Waals surface area contributed by atoms with Crippen LogP contribution in [0.4, 0.5) is 0 Å². The third-order valence-electron chi connectivity index (χ3n) is 2.39. The highest BCUT2D eigenvalue weighted by molar-refractivity contribution is 8.00. The maximum Gasteiger partial charge on any atom is 0.315 e. The Hall–Kier alpha value is -1.00. The van der Waals surface area contributed by atoms with Crippen LogP contribution in [-0.4, -0.2) is 25.4 Å². The molecule has 1 aromatic rings. The van der Waals surface area contributed by atoms with Gasteiger partial charge in [0.25, 0.3) is 0 Å². The number of nitrogens with one attached hydrogen (secondary N) is 1. The first-order valence-corrected chi connectivity index (χ1v) is 6.65. The molecule has 0 spiro atoms. The Morgan fingerprint density at radius 1 is 1.47 bits per heavy atom. The third kappa shape index (κ3) is 4.79. The minimum Gasteiger partial charge on any atom is -0.468 e. The topological polar surface area (TPSA) is 38.3 Å². The Bertz CT molecular complexity index is 380. The van der Waals surface area contributed by atoms with Crippen molar-refractivity contribution in [3.05, 3.63) is 29.3 Å². The molecule has 1 N–H and O–H groups in total. The van der Waals surface area contributed by atoms with Crippen LogP contribution in [0.5, 0.6) is 0 Å². The minimum absolute atomic E-state index is 0.189. The second kappa shape index (κ2) is 7.35. The largest absolute Gasteiger partial charge is 0.468 e. The van der Waals surface area contributed by atoms with Gasteiger partial charge in [-0.1, -0.05) is 19.1 Å². The van der Waals surface area contributed by atoms with Crippen molar-refractivity contribution in [2.24, 2.45) is 0 Å². The van der Waals surface area contributed by atoms with E-state index >= 15 is 0 Å². The Balaban J connectivity index is 2.59. The number of rotatable bonds is 6. The van der Waals surface area contributed by atoms with E-state index in [1.54, 1.807) is 0 Å². The lowest BCUT2D eigenvalue weighted by atomic mass is 10.1. The van der Waals surface area contributed by atoms with Crippen LogP contribution >= 0.6 is 11.8 Å². The lowest BCUT2D eigenvalue weighted by Gasteiger charge is -2.08. The molecule has 3 nitrogen and oxygen atoms in total. The summed E-state index contributed by atoms with van der Waals surface area (Å²) in [6, 6.07) is 6.31. The van der Waals surface area contributed by atoms with Gasteiger partial charge >= 0.3 is 5.97 Å². The SMILES string of the molecule is CCNCc1ccc(SCC(=O)OC)c(C)c1. The van der Waals surface area contributed by atoms with Gasteiger partial charge in [-0.15, -0.1) is 11.8 Å². The Morgan fingerprint density at radius 2 is 2.24 bits per heavy atom. The highest BCUT2D eigenvalue weighted by atomic mass is 32.2. The van der Waals surface area contributed by atoms with Crippen LogP contribution in [0, 0.1) is 6.92 Å². The van der Waals surface area contributed by atoms with Gasteiger partial charge in [-0.05, 0) is 30.7 Å². The molecule has 0 radical (unpaired) electrons. The second-order valence-electron chi connectivity index (χ2n) is 3.74. The highest BCUT2D eigenvalue weighted by Gasteiger charge is 2.05. The first-order chi connectivity index (χ1) is 8.17. The van der Waals surface area contributed by atoms with Crippen molar-refractivity contribution in [1.29, 1.82) is 0 Å². The lowest BCUT2D eigenvalue weighted by Crippen LogP contribution is -2.11. The Labute approximate surface area is 107 Å². The van der Waals surface area contributed by atoms with Gasteiger partial charge in [0.05, 0.1) is 12.9 Å². The fourth-order valence-electron chi connectivity index (χ4n) is 1.45. The number of carbonyl (C=O) groups excluding carboxylic acids is 1. The number of hydrogen-bond acceptors (Lipinski definition) is 4. The number of thioether (sulfide) groups is 1. The first kappa shape index (κ1) is 14.1. The molecule has 0 saturated heterocycles. The number of carbonyl (C=O) groups is 1. The lowest BCUT2D eigenvalue weighted by molar-refractivity contribution is -0.137. The standard InChI is InChI=1S/C13H19NO2S/c1-4-14-8-11-5-6-12(10(2)7-11)17-9-13(15)16-3/h5-7,14H,4,8-9H2,1-3H3. The van der Waals surface area contributed by atoms with Gasteiger partial charge in [0.15, 0.2) is 0 Å². The normalized spacial score (nSPS) is 10.3. The zero-order valence-electron chi connectivity index (χ0n) is 10.6. The number of benzene rings is 1. The molecule has 0 fully saturated rings. The van der Waals surface area contributed by atoms with Gasteiger partial charge in [0.2, 0.25) is 0 Å². The third-order valence-corrected chi connectivity index (χ3v) is 3.54. The van der Waals surface area contributed by atoms with Gasteiger partial charge in [0.1, 0.15) is 0 Å². The number of esters is 1. The maximum atomic E-state index is 11.1. The van der Waals surface area contributed by atoms with Gasteiger partial charge in [-0.25, -0.2) is 0 Å². The predicted molar refractivity (Wildman–Crippen MR) is 71.3 cm³/mol. The first-order valence-electron chi connectivity index (χ1n) is 5.67. The summed E-state index contributed by atoms with van der Waals surface area (Å²) in [5.74, 6) is 0.176. The van der Waals surface area contributed by atoms with E-state index in [0.717, 1.165) is 18.0 Å². The number of ether oxygens (including phenoxy) is 1. The molecule has 0 amide bonds. The molecule has 0 saturated carbocycles. The van der Waals surface area contributed by atoms with Crippen LogP contribution in [-0.2, 0) is 16.1 Å². The van der Waals surface area contributed by atoms with Crippen molar-refractivity contribution < 1.29 is 9.53 Å². The van der Waals surface area contributed by atoms with E-state index < -0.39 is 0 Å². The molecule has 0 aromatic heterocycles. The zero-order chi connectivity index (χ0) is 12.7. The van der Waals surface area contributed by atoms with Crippen molar-refractivity contribution in [2.45, 2.75) is 25.3 Å². The van der Waals surface area contributed by atoms with Crippen LogP contribution in [0.3, 0.4) is 0 Å².